The van der Waals surface area contributed by atoms with E-state index in [0.29, 0.717) is 18.4 Å². The molecule has 1 saturated heterocycles. The topological polar surface area (TPSA) is 32.3 Å². The number of halogens is 1. The first kappa shape index (κ1) is 17.6. The average Bonchev–Trinajstić information content (AvgIpc) is 2.48. The van der Waals surface area contributed by atoms with Gasteiger partial charge < -0.3 is 10.2 Å². The number of benzene rings is 1. The fourth-order valence-electron chi connectivity index (χ4n) is 2.96. The molecule has 0 aromatic heterocycles. The van der Waals surface area contributed by atoms with Crippen LogP contribution in [0.25, 0.3) is 0 Å². The van der Waals surface area contributed by atoms with E-state index in [4.69, 9.17) is 0 Å². The third kappa shape index (κ3) is 4.64. The van der Waals surface area contributed by atoms with E-state index in [9.17, 15) is 4.79 Å². The van der Waals surface area contributed by atoms with Crippen LogP contribution < -0.4 is 10.2 Å². The molecule has 22 heavy (non-hydrogen) atoms. The van der Waals surface area contributed by atoms with Gasteiger partial charge >= 0.3 is 0 Å². The molecule has 5 heteroatoms. The predicted octanol–water partition coefficient (Wildman–Crippen LogP) is 3.34. The lowest BCUT2D eigenvalue weighted by molar-refractivity contribution is -0.119. The van der Waals surface area contributed by atoms with Crippen LogP contribution in [0.4, 0.5) is 5.69 Å². The van der Waals surface area contributed by atoms with E-state index < -0.39 is 0 Å². The second kappa shape index (κ2) is 8.80. The minimum Gasteiger partial charge on any atom is -0.312 e. The van der Waals surface area contributed by atoms with Crippen LogP contribution >= 0.6 is 24.2 Å². The fourth-order valence-corrected chi connectivity index (χ4v) is 3.91. The van der Waals surface area contributed by atoms with Crippen LogP contribution in [0.5, 0.6) is 0 Å². The van der Waals surface area contributed by atoms with Crippen molar-refractivity contribution < 1.29 is 4.79 Å². The highest BCUT2D eigenvalue weighted by molar-refractivity contribution is 7.99. The highest BCUT2D eigenvalue weighted by Crippen LogP contribution is 2.29. The molecule has 3 rings (SSSR count). The van der Waals surface area contributed by atoms with Gasteiger partial charge in [-0.1, -0.05) is 24.6 Å². The van der Waals surface area contributed by atoms with E-state index in [-0.39, 0.29) is 18.3 Å². The Labute approximate surface area is 143 Å². The molecule has 2 aliphatic rings. The number of carbonyl (C=O) groups excluding carboxylic acids is 1. The van der Waals surface area contributed by atoms with E-state index in [2.05, 4.69) is 17.4 Å². The van der Waals surface area contributed by atoms with Crippen LogP contribution in [0.1, 0.15) is 25.7 Å². The quantitative estimate of drug-likeness (QED) is 0.892. The molecule has 122 valence electrons. The van der Waals surface area contributed by atoms with Crippen molar-refractivity contribution in [2.75, 3.05) is 29.5 Å². The second-order valence-electron chi connectivity index (χ2n) is 6.07. The first-order chi connectivity index (χ1) is 10.3. The number of hydrogen-bond acceptors (Lipinski definition) is 3. The molecule has 1 atom stereocenters. The van der Waals surface area contributed by atoms with Crippen molar-refractivity contribution in [3.8, 4) is 0 Å². The van der Waals surface area contributed by atoms with E-state index in [1.54, 1.807) is 0 Å². The first-order valence-electron chi connectivity index (χ1n) is 7.99. The number of para-hydroxylation sites is 1. The van der Waals surface area contributed by atoms with Gasteiger partial charge in [-0.25, -0.2) is 0 Å². The highest BCUT2D eigenvalue weighted by atomic mass is 35.5. The lowest BCUT2D eigenvalue weighted by Crippen LogP contribution is -2.44. The maximum atomic E-state index is 12.8. The molecule has 1 aromatic carbocycles. The fraction of sp³-hybridized carbons (Fsp3) is 0.588. The monoisotopic (exact) mass is 340 g/mol. The van der Waals surface area contributed by atoms with Crippen molar-refractivity contribution in [1.29, 1.82) is 0 Å². The lowest BCUT2D eigenvalue weighted by atomic mass is 9.85. The number of rotatable bonds is 5. The second-order valence-corrected chi connectivity index (χ2v) is 7.22. The van der Waals surface area contributed by atoms with Gasteiger partial charge in [0.05, 0.1) is 0 Å². The SMILES string of the molecule is Cl.O=C(CC1CSCCN1)N(CC1CCC1)c1ccccc1. The molecule has 1 aliphatic heterocycles. The number of nitrogens with one attached hydrogen (secondary N) is 1. The van der Waals surface area contributed by atoms with Crippen LogP contribution in [-0.2, 0) is 4.79 Å². The van der Waals surface area contributed by atoms with Gasteiger partial charge in [0.1, 0.15) is 0 Å². The van der Waals surface area contributed by atoms with Crippen molar-refractivity contribution >= 4 is 35.8 Å². The molecular weight excluding hydrogens is 316 g/mol. The van der Waals surface area contributed by atoms with Crippen molar-refractivity contribution in [2.24, 2.45) is 5.92 Å². The summed E-state index contributed by atoms with van der Waals surface area (Å²) in [4.78, 5) is 14.8. The van der Waals surface area contributed by atoms with Crippen molar-refractivity contribution in [2.45, 2.75) is 31.7 Å². The van der Waals surface area contributed by atoms with Crippen LogP contribution in [0.2, 0.25) is 0 Å². The third-order valence-electron chi connectivity index (χ3n) is 4.45. The minimum absolute atomic E-state index is 0. The van der Waals surface area contributed by atoms with E-state index >= 15 is 0 Å². The number of nitrogens with zero attached hydrogens (tertiary/aromatic N) is 1. The zero-order chi connectivity index (χ0) is 14.5. The summed E-state index contributed by atoms with van der Waals surface area (Å²) in [5.41, 5.74) is 1.05. The van der Waals surface area contributed by atoms with Gasteiger partial charge in [0.15, 0.2) is 0 Å². The number of thioether (sulfide) groups is 1. The van der Waals surface area contributed by atoms with Crippen molar-refractivity contribution in [3.63, 3.8) is 0 Å². The van der Waals surface area contributed by atoms with Gasteiger partial charge in [-0.05, 0) is 30.9 Å². The smallest absolute Gasteiger partial charge is 0.228 e. The number of amides is 1. The maximum Gasteiger partial charge on any atom is 0.228 e. The number of anilines is 1. The predicted molar refractivity (Wildman–Crippen MR) is 97.1 cm³/mol. The largest absolute Gasteiger partial charge is 0.312 e. The Morgan fingerprint density at radius 2 is 2.05 bits per heavy atom. The molecule has 1 amide bonds. The first-order valence-corrected chi connectivity index (χ1v) is 9.15. The van der Waals surface area contributed by atoms with Gasteiger partial charge in [-0.3, -0.25) is 4.79 Å². The Morgan fingerprint density at radius 1 is 1.27 bits per heavy atom. The highest BCUT2D eigenvalue weighted by Gasteiger charge is 2.26. The van der Waals surface area contributed by atoms with Gasteiger partial charge in [0.25, 0.3) is 0 Å². The summed E-state index contributed by atoms with van der Waals surface area (Å²) in [5.74, 6) is 3.18. The van der Waals surface area contributed by atoms with Crippen LogP contribution in [0.15, 0.2) is 30.3 Å². The Morgan fingerprint density at radius 3 is 2.64 bits per heavy atom. The summed E-state index contributed by atoms with van der Waals surface area (Å²) in [5, 5.41) is 3.47. The molecule has 0 radical (unpaired) electrons. The molecule has 1 unspecified atom stereocenters. The van der Waals surface area contributed by atoms with Gasteiger partial charge in [0.2, 0.25) is 5.91 Å². The summed E-state index contributed by atoms with van der Waals surface area (Å²) >= 11 is 1.95. The van der Waals surface area contributed by atoms with Crippen LogP contribution in [0.3, 0.4) is 0 Å². The zero-order valence-corrected chi connectivity index (χ0v) is 14.5. The van der Waals surface area contributed by atoms with Gasteiger partial charge in [-0.2, -0.15) is 11.8 Å². The minimum atomic E-state index is 0. The summed E-state index contributed by atoms with van der Waals surface area (Å²) in [6.45, 7) is 1.92. The molecule has 2 fully saturated rings. The molecule has 0 spiro atoms. The van der Waals surface area contributed by atoms with Crippen molar-refractivity contribution in [3.05, 3.63) is 30.3 Å². The summed E-state index contributed by atoms with van der Waals surface area (Å²) in [6.07, 6.45) is 4.49. The summed E-state index contributed by atoms with van der Waals surface area (Å²) < 4.78 is 0. The lowest BCUT2D eigenvalue weighted by Gasteiger charge is -2.33. The molecule has 1 N–H and O–H groups in total. The maximum absolute atomic E-state index is 12.8. The van der Waals surface area contributed by atoms with E-state index in [0.717, 1.165) is 30.3 Å². The van der Waals surface area contributed by atoms with Crippen molar-refractivity contribution in [1.82, 2.24) is 5.32 Å². The summed E-state index contributed by atoms with van der Waals surface area (Å²) in [7, 11) is 0. The van der Waals surface area contributed by atoms with E-state index in [1.165, 1.54) is 19.3 Å². The Hall–Kier alpha value is -0.710. The normalized spacial score (nSPS) is 21.5. The van der Waals surface area contributed by atoms with E-state index in [1.807, 2.05) is 34.9 Å². The standard InChI is InChI=1S/C17H24N2OS.ClH/c20-17(11-15-13-21-10-9-18-15)19(12-14-5-4-6-14)16-7-2-1-3-8-16;/h1-3,7-8,14-15,18H,4-6,9-13H2;1H. The van der Waals surface area contributed by atoms with Crippen LogP contribution in [0, 0.1) is 5.92 Å². The number of hydrogen-bond donors (Lipinski definition) is 1. The summed E-state index contributed by atoms with van der Waals surface area (Å²) in [6, 6.07) is 10.5. The molecule has 1 aliphatic carbocycles. The van der Waals surface area contributed by atoms with Gasteiger partial charge in [-0.15, -0.1) is 12.4 Å². The molecule has 1 aromatic rings. The molecule has 0 bridgehead atoms. The van der Waals surface area contributed by atoms with Crippen LogP contribution in [-0.4, -0.2) is 36.5 Å². The zero-order valence-electron chi connectivity index (χ0n) is 12.9. The Bertz CT molecular complexity index is 461. The number of carbonyl (C=O) groups is 1. The Balaban J connectivity index is 0.00000176. The molecule has 1 heterocycles. The molecule has 3 nitrogen and oxygen atoms in total. The van der Waals surface area contributed by atoms with Gasteiger partial charge in [0, 0.05) is 42.7 Å². The third-order valence-corrected chi connectivity index (χ3v) is 5.58. The Kier molecular flexibility index (Phi) is 7.06. The average molecular weight is 341 g/mol. The molecule has 1 saturated carbocycles. The molecular formula is C17H25ClN2OS.